The van der Waals surface area contributed by atoms with Gasteiger partial charge in [-0.3, -0.25) is 14.5 Å². The molecule has 0 atom stereocenters. The average molecular weight is 362 g/mol. The van der Waals surface area contributed by atoms with Gasteiger partial charge in [0, 0.05) is 25.6 Å². The van der Waals surface area contributed by atoms with Crippen LogP contribution in [0.15, 0.2) is 4.99 Å². The smallest absolute Gasteiger partial charge is 0.271 e. The molecule has 0 bridgehead atoms. The molecule has 146 valence electrons. The number of hydrogen-bond donors (Lipinski definition) is 2. The Kier molecular flexibility index (Phi) is 7.23. The van der Waals surface area contributed by atoms with Crippen LogP contribution in [0.1, 0.15) is 82.4 Å². The van der Waals surface area contributed by atoms with E-state index in [0.29, 0.717) is 11.6 Å². The van der Waals surface area contributed by atoms with E-state index in [1.54, 1.807) is 11.0 Å². The van der Waals surface area contributed by atoms with Crippen molar-refractivity contribution < 1.29 is 4.79 Å². The molecule has 0 saturated heterocycles. The lowest BCUT2D eigenvalue weighted by molar-refractivity contribution is 0.0935. The third-order valence-corrected chi connectivity index (χ3v) is 4.90. The van der Waals surface area contributed by atoms with Gasteiger partial charge >= 0.3 is 0 Å². The fourth-order valence-corrected chi connectivity index (χ4v) is 3.46. The monoisotopic (exact) mass is 361 g/mol. The zero-order valence-electron chi connectivity index (χ0n) is 17.1. The number of aryl methyl sites for hydroxylation is 1. The number of carbonyl (C=O) groups excluding carboxylic acids is 1. The Morgan fingerprint density at radius 1 is 1.31 bits per heavy atom. The quantitative estimate of drug-likeness (QED) is 0.572. The molecule has 6 nitrogen and oxygen atoms in total. The van der Waals surface area contributed by atoms with Crippen LogP contribution in [-0.2, 0) is 12.5 Å². The van der Waals surface area contributed by atoms with Crippen molar-refractivity contribution in [3.05, 3.63) is 11.4 Å². The molecule has 0 spiro atoms. The summed E-state index contributed by atoms with van der Waals surface area (Å²) in [4.78, 5) is 17.2. The molecule has 0 aromatic carbocycles. The molecule has 0 radical (unpaired) electrons. The zero-order chi connectivity index (χ0) is 19.2. The van der Waals surface area contributed by atoms with Gasteiger partial charge in [0.1, 0.15) is 5.69 Å². The van der Waals surface area contributed by atoms with Crippen LogP contribution < -0.4 is 10.6 Å². The number of nitrogens with zero attached hydrogens (tertiary/aromatic N) is 3. The third-order valence-electron chi connectivity index (χ3n) is 4.90. The highest BCUT2D eigenvalue weighted by Gasteiger charge is 2.29. The lowest BCUT2D eigenvalue weighted by Gasteiger charge is -2.22. The second-order valence-corrected chi connectivity index (χ2v) is 8.34. The van der Waals surface area contributed by atoms with Crippen molar-refractivity contribution >= 4 is 17.9 Å². The maximum absolute atomic E-state index is 12.9. The molecule has 2 rings (SSSR count). The summed E-state index contributed by atoms with van der Waals surface area (Å²) in [6, 6.07) is 0. The highest BCUT2D eigenvalue weighted by molar-refractivity contribution is 6.01. The summed E-state index contributed by atoms with van der Waals surface area (Å²) in [7, 11) is 1.83. The molecule has 1 aliphatic carbocycles. The molecule has 1 aliphatic rings. The molecule has 1 amide bonds. The van der Waals surface area contributed by atoms with E-state index < -0.39 is 0 Å². The Balaban J connectivity index is 2.18. The topological polar surface area (TPSA) is 71.3 Å². The van der Waals surface area contributed by atoms with Gasteiger partial charge in [-0.1, -0.05) is 47.0 Å². The number of anilines is 1. The van der Waals surface area contributed by atoms with Crippen molar-refractivity contribution in [3.63, 3.8) is 0 Å². The Bertz CT molecular complexity index is 621. The minimum atomic E-state index is -0.166. The predicted molar refractivity (Wildman–Crippen MR) is 108 cm³/mol. The molecular weight excluding hydrogens is 326 g/mol. The molecule has 1 aromatic heterocycles. The summed E-state index contributed by atoms with van der Waals surface area (Å²) in [6.45, 7) is 9.92. The van der Waals surface area contributed by atoms with Gasteiger partial charge in [0.25, 0.3) is 5.91 Å². The van der Waals surface area contributed by atoms with Crippen LogP contribution in [0, 0.1) is 5.92 Å². The molecule has 0 aliphatic heterocycles. The SMILES string of the molecule is CCCN=CNc1c(C(C)(C)C)nn(C)c1C(=O)NCC1CCCCC1. The van der Waals surface area contributed by atoms with Crippen LogP contribution >= 0.6 is 0 Å². The molecule has 1 saturated carbocycles. The van der Waals surface area contributed by atoms with Gasteiger partial charge in [-0.15, -0.1) is 0 Å². The van der Waals surface area contributed by atoms with Crippen LogP contribution in [0.25, 0.3) is 0 Å². The number of nitrogens with one attached hydrogen (secondary N) is 2. The third kappa shape index (κ3) is 5.32. The highest BCUT2D eigenvalue weighted by atomic mass is 16.2. The van der Waals surface area contributed by atoms with Crippen LogP contribution in [0.4, 0.5) is 5.69 Å². The molecular formula is C20H35N5O. The van der Waals surface area contributed by atoms with Crippen LogP contribution in [0.5, 0.6) is 0 Å². The fourth-order valence-electron chi connectivity index (χ4n) is 3.46. The normalized spacial score (nSPS) is 16.2. The first-order valence-corrected chi connectivity index (χ1v) is 9.95. The predicted octanol–water partition coefficient (Wildman–Crippen LogP) is 3.88. The Morgan fingerprint density at radius 3 is 2.62 bits per heavy atom. The van der Waals surface area contributed by atoms with E-state index in [0.717, 1.165) is 30.9 Å². The molecule has 0 unspecified atom stereocenters. The first kappa shape index (κ1) is 20.5. The van der Waals surface area contributed by atoms with Gasteiger partial charge in [0.15, 0.2) is 0 Å². The standard InChI is InChI=1S/C20H35N5O/c1-6-12-21-14-23-16-17(25(5)24-18(16)20(2,3)4)19(26)22-13-15-10-8-7-9-11-15/h14-15H,6-13H2,1-5H3,(H,21,23)(H,22,26). The maximum Gasteiger partial charge on any atom is 0.271 e. The Hall–Kier alpha value is -1.85. The summed E-state index contributed by atoms with van der Waals surface area (Å²) in [6.07, 6.45) is 9.00. The van der Waals surface area contributed by atoms with Crippen molar-refractivity contribution in [2.75, 3.05) is 18.4 Å². The highest BCUT2D eigenvalue weighted by Crippen LogP contribution is 2.31. The van der Waals surface area contributed by atoms with E-state index in [1.807, 2.05) is 7.05 Å². The van der Waals surface area contributed by atoms with Crippen molar-refractivity contribution in [2.45, 2.75) is 71.6 Å². The molecule has 1 heterocycles. The number of carbonyl (C=O) groups is 1. The van der Waals surface area contributed by atoms with E-state index >= 15 is 0 Å². The van der Waals surface area contributed by atoms with Crippen molar-refractivity contribution in [1.29, 1.82) is 0 Å². The first-order valence-electron chi connectivity index (χ1n) is 9.95. The Morgan fingerprint density at radius 2 is 2.00 bits per heavy atom. The molecule has 1 fully saturated rings. The molecule has 26 heavy (non-hydrogen) atoms. The summed E-state index contributed by atoms with van der Waals surface area (Å²) in [5, 5.41) is 11.0. The van der Waals surface area contributed by atoms with Gasteiger partial charge in [0.2, 0.25) is 0 Å². The lowest BCUT2D eigenvalue weighted by atomic mass is 9.89. The molecule has 1 aromatic rings. The van der Waals surface area contributed by atoms with Crippen molar-refractivity contribution in [3.8, 4) is 0 Å². The van der Waals surface area contributed by atoms with E-state index in [9.17, 15) is 4.79 Å². The minimum absolute atomic E-state index is 0.0625. The van der Waals surface area contributed by atoms with E-state index in [-0.39, 0.29) is 11.3 Å². The average Bonchev–Trinajstić information content (AvgIpc) is 2.94. The van der Waals surface area contributed by atoms with Crippen LogP contribution in [0.3, 0.4) is 0 Å². The van der Waals surface area contributed by atoms with Gasteiger partial charge < -0.3 is 10.6 Å². The first-order chi connectivity index (χ1) is 12.3. The second-order valence-electron chi connectivity index (χ2n) is 8.34. The van der Waals surface area contributed by atoms with Gasteiger partial charge in [0.05, 0.1) is 17.7 Å². The van der Waals surface area contributed by atoms with Gasteiger partial charge in [-0.25, -0.2) is 0 Å². The summed E-state index contributed by atoms with van der Waals surface area (Å²) >= 11 is 0. The minimum Gasteiger partial charge on any atom is -0.350 e. The van der Waals surface area contributed by atoms with E-state index in [4.69, 9.17) is 0 Å². The van der Waals surface area contributed by atoms with E-state index in [1.165, 1.54) is 32.1 Å². The number of aliphatic imine (C=N–C) groups is 1. The van der Waals surface area contributed by atoms with Crippen molar-refractivity contribution in [1.82, 2.24) is 15.1 Å². The fraction of sp³-hybridized carbons (Fsp3) is 0.750. The number of aromatic nitrogens is 2. The number of rotatable bonds is 7. The van der Waals surface area contributed by atoms with Crippen LogP contribution in [0.2, 0.25) is 0 Å². The summed E-state index contributed by atoms with van der Waals surface area (Å²) < 4.78 is 1.69. The van der Waals surface area contributed by atoms with Gasteiger partial charge in [-0.2, -0.15) is 5.10 Å². The van der Waals surface area contributed by atoms with Crippen molar-refractivity contribution in [2.24, 2.45) is 18.0 Å². The number of amides is 1. The van der Waals surface area contributed by atoms with Crippen LogP contribution in [-0.4, -0.2) is 35.1 Å². The largest absolute Gasteiger partial charge is 0.350 e. The lowest BCUT2D eigenvalue weighted by Crippen LogP contribution is -2.32. The summed E-state index contributed by atoms with van der Waals surface area (Å²) in [5.74, 6) is 0.540. The Labute approximate surface area is 157 Å². The van der Waals surface area contributed by atoms with E-state index in [2.05, 4.69) is 48.4 Å². The number of hydrogen-bond acceptors (Lipinski definition) is 3. The van der Waals surface area contributed by atoms with Gasteiger partial charge in [-0.05, 0) is 25.2 Å². The molecule has 6 heteroatoms. The zero-order valence-corrected chi connectivity index (χ0v) is 17.1. The summed E-state index contributed by atoms with van der Waals surface area (Å²) in [5.41, 5.74) is 2.06. The molecule has 2 N–H and O–H groups in total. The maximum atomic E-state index is 12.9. The second kappa shape index (κ2) is 9.19.